The minimum Gasteiger partial charge on any atom is -0.293 e. The Morgan fingerprint density at radius 3 is 2.75 bits per heavy atom. The number of aryl methyl sites for hydroxylation is 3. The molecule has 0 bridgehead atoms. The zero-order valence-electron chi connectivity index (χ0n) is 12.4. The Labute approximate surface area is 124 Å². The number of hydrogen-bond donors (Lipinski definition) is 0. The second kappa shape index (κ2) is 5.17. The molecule has 0 aliphatic heterocycles. The molecule has 0 saturated carbocycles. The van der Waals surface area contributed by atoms with Crippen LogP contribution in [0.1, 0.15) is 51.7 Å². The molecule has 1 heterocycles. The summed E-state index contributed by atoms with van der Waals surface area (Å²) in [5, 5.41) is 0. The smallest absolute Gasteiger partial charge is 0.172 e. The van der Waals surface area contributed by atoms with Crippen molar-refractivity contribution in [2.45, 2.75) is 46.5 Å². The molecule has 104 valence electrons. The summed E-state index contributed by atoms with van der Waals surface area (Å²) in [5.74, 6) is 0.304. The van der Waals surface area contributed by atoms with Gasteiger partial charge in [-0.25, -0.2) is 0 Å². The van der Waals surface area contributed by atoms with Crippen LogP contribution in [0.2, 0.25) is 0 Å². The van der Waals surface area contributed by atoms with Crippen molar-refractivity contribution in [3.63, 3.8) is 0 Å². The molecule has 1 aliphatic carbocycles. The van der Waals surface area contributed by atoms with Crippen molar-refractivity contribution >= 4 is 17.1 Å². The Bertz CT molecular complexity index is 679. The monoisotopic (exact) mass is 284 g/mol. The van der Waals surface area contributed by atoms with Crippen molar-refractivity contribution in [1.29, 1.82) is 0 Å². The van der Waals surface area contributed by atoms with Gasteiger partial charge in [0.1, 0.15) is 0 Å². The summed E-state index contributed by atoms with van der Waals surface area (Å²) >= 11 is 1.69. The highest BCUT2D eigenvalue weighted by atomic mass is 32.1. The number of fused-ring (bicyclic) bond motifs is 3. The molecular formula is C18H20OS. The number of hydrogen-bond acceptors (Lipinski definition) is 2. The van der Waals surface area contributed by atoms with Crippen molar-refractivity contribution in [3.8, 4) is 10.4 Å². The van der Waals surface area contributed by atoms with E-state index in [1.54, 1.807) is 11.3 Å². The van der Waals surface area contributed by atoms with Crippen molar-refractivity contribution < 1.29 is 4.79 Å². The predicted octanol–water partition coefficient (Wildman–Crippen LogP) is 5.11. The SMILES string of the molecule is CCCC(=O)c1cc2c(s1)-c1cc(C)cc(C)c1CC2. The van der Waals surface area contributed by atoms with E-state index in [9.17, 15) is 4.79 Å². The highest BCUT2D eigenvalue weighted by molar-refractivity contribution is 7.17. The summed E-state index contributed by atoms with van der Waals surface area (Å²) in [6.45, 7) is 6.42. The molecule has 0 saturated heterocycles. The standard InChI is InChI=1S/C18H20OS/c1-4-5-16(19)17-10-13-6-7-14-12(3)8-11(2)9-15(14)18(13)20-17/h8-10H,4-7H2,1-3H3. The average molecular weight is 284 g/mol. The molecule has 0 fully saturated rings. The van der Waals surface area contributed by atoms with Gasteiger partial charge in [-0.15, -0.1) is 11.3 Å². The van der Waals surface area contributed by atoms with Gasteiger partial charge >= 0.3 is 0 Å². The molecule has 0 amide bonds. The number of carbonyl (C=O) groups excluding carboxylic acids is 1. The van der Waals surface area contributed by atoms with Gasteiger partial charge in [0.15, 0.2) is 5.78 Å². The molecule has 1 aromatic heterocycles. The quantitative estimate of drug-likeness (QED) is 0.715. The van der Waals surface area contributed by atoms with Gasteiger partial charge in [0.25, 0.3) is 0 Å². The fourth-order valence-electron chi connectivity index (χ4n) is 3.12. The second-order valence-corrected chi connectivity index (χ2v) is 6.80. The van der Waals surface area contributed by atoms with Gasteiger partial charge in [-0.3, -0.25) is 4.79 Å². The van der Waals surface area contributed by atoms with Gasteiger partial charge in [0, 0.05) is 11.3 Å². The molecule has 0 unspecified atom stereocenters. The van der Waals surface area contributed by atoms with Gasteiger partial charge in [-0.05, 0) is 61.4 Å². The van der Waals surface area contributed by atoms with Crippen molar-refractivity contribution in [2.75, 3.05) is 0 Å². The number of rotatable bonds is 3. The predicted molar refractivity (Wildman–Crippen MR) is 85.9 cm³/mol. The number of thiophene rings is 1. The zero-order chi connectivity index (χ0) is 14.3. The van der Waals surface area contributed by atoms with Crippen molar-refractivity contribution in [2.24, 2.45) is 0 Å². The number of ketones is 1. The molecule has 0 atom stereocenters. The summed E-state index contributed by atoms with van der Waals surface area (Å²) in [7, 11) is 0. The van der Waals surface area contributed by atoms with Crippen LogP contribution in [0.4, 0.5) is 0 Å². The summed E-state index contributed by atoms with van der Waals surface area (Å²) in [6.07, 6.45) is 3.77. The Balaban J connectivity index is 2.10. The first-order chi connectivity index (χ1) is 9.60. The number of benzene rings is 1. The Hall–Kier alpha value is -1.41. The van der Waals surface area contributed by atoms with Crippen LogP contribution in [0.5, 0.6) is 0 Å². The van der Waals surface area contributed by atoms with Gasteiger partial charge in [-0.1, -0.05) is 24.6 Å². The van der Waals surface area contributed by atoms with E-state index in [1.165, 1.54) is 32.7 Å². The molecule has 3 rings (SSSR count). The maximum atomic E-state index is 12.1. The van der Waals surface area contributed by atoms with E-state index in [-0.39, 0.29) is 0 Å². The van der Waals surface area contributed by atoms with E-state index in [2.05, 4.69) is 39.0 Å². The summed E-state index contributed by atoms with van der Waals surface area (Å²) in [6, 6.07) is 6.68. The summed E-state index contributed by atoms with van der Waals surface area (Å²) < 4.78 is 0. The Morgan fingerprint density at radius 1 is 1.20 bits per heavy atom. The normalized spacial score (nSPS) is 12.9. The third kappa shape index (κ3) is 2.22. The van der Waals surface area contributed by atoms with E-state index >= 15 is 0 Å². The fourth-order valence-corrected chi connectivity index (χ4v) is 4.34. The molecular weight excluding hydrogens is 264 g/mol. The first kappa shape index (κ1) is 13.6. The van der Waals surface area contributed by atoms with E-state index in [0.29, 0.717) is 12.2 Å². The number of carbonyl (C=O) groups is 1. The third-order valence-corrected chi connectivity index (χ3v) is 5.32. The van der Waals surface area contributed by atoms with Gasteiger partial charge in [0.2, 0.25) is 0 Å². The van der Waals surface area contributed by atoms with Crippen LogP contribution in [-0.2, 0) is 12.8 Å². The van der Waals surface area contributed by atoms with Crippen molar-refractivity contribution in [1.82, 2.24) is 0 Å². The average Bonchev–Trinajstić information content (AvgIpc) is 2.83. The number of Topliss-reactive ketones (excluding diaryl/α,β-unsaturated/α-hetero) is 1. The highest BCUT2D eigenvalue weighted by Gasteiger charge is 2.22. The molecule has 0 spiro atoms. The molecule has 1 aliphatic rings. The van der Waals surface area contributed by atoms with E-state index < -0.39 is 0 Å². The fraction of sp³-hybridized carbons (Fsp3) is 0.389. The first-order valence-corrected chi connectivity index (χ1v) is 8.18. The molecule has 2 aromatic rings. The Kier molecular flexibility index (Phi) is 3.51. The minimum absolute atomic E-state index is 0.304. The lowest BCUT2D eigenvalue weighted by Crippen LogP contribution is -2.03. The second-order valence-electron chi connectivity index (χ2n) is 5.75. The van der Waals surface area contributed by atoms with Crippen LogP contribution in [-0.4, -0.2) is 5.78 Å². The molecule has 2 heteroatoms. The van der Waals surface area contributed by atoms with Crippen LogP contribution >= 0.6 is 11.3 Å². The lowest BCUT2D eigenvalue weighted by atomic mass is 9.87. The lowest BCUT2D eigenvalue weighted by Gasteiger charge is -2.19. The first-order valence-electron chi connectivity index (χ1n) is 7.36. The zero-order valence-corrected chi connectivity index (χ0v) is 13.2. The van der Waals surface area contributed by atoms with Crippen LogP contribution in [0, 0.1) is 13.8 Å². The molecule has 0 radical (unpaired) electrons. The topological polar surface area (TPSA) is 17.1 Å². The molecule has 1 nitrogen and oxygen atoms in total. The van der Waals surface area contributed by atoms with Gasteiger partial charge in [0.05, 0.1) is 4.88 Å². The van der Waals surface area contributed by atoms with Crippen LogP contribution < -0.4 is 0 Å². The molecule has 0 N–H and O–H groups in total. The molecule has 20 heavy (non-hydrogen) atoms. The minimum atomic E-state index is 0.304. The highest BCUT2D eigenvalue weighted by Crippen LogP contribution is 2.41. The van der Waals surface area contributed by atoms with Crippen LogP contribution in [0.15, 0.2) is 18.2 Å². The summed E-state index contributed by atoms with van der Waals surface area (Å²) in [5.41, 5.74) is 6.90. The van der Waals surface area contributed by atoms with Gasteiger partial charge in [-0.2, -0.15) is 0 Å². The van der Waals surface area contributed by atoms with E-state index in [0.717, 1.165) is 24.1 Å². The van der Waals surface area contributed by atoms with E-state index in [4.69, 9.17) is 0 Å². The third-order valence-electron chi connectivity index (χ3n) is 4.07. The Morgan fingerprint density at radius 2 is 2.00 bits per heavy atom. The van der Waals surface area contributed by atoms with E-state index in [1.807, 2.05) is 0 Å². The van der Waals surface area contributed by atoms with Gasteiger partial charge < -0.3 is 0 Å². The maximum absolute atomic E-state index is 12.1. The molecule has 1 aromatic carbocycles. The maximum Gasteiger partial charge on any atom is 0.172 e. The van der Waals surface area contributed by atoms with Crippen LogP contribution in [0.25, 0.3) is 10.4 Å². The van der Waals surface area contributed by atoms with Crippen molar-refractivity contribution in [3.05, 3.63) is 45.3 Å². The largest absolute Gasteiger partial charge is 0.293 e. The lowest BCUT2D eigenvalue weighted by molar-refractivity contribution is 0.0985. The van der Waals surface area contributed by atoms with Crippen LogP contribution in [0.3, 0.4) is 0 Å². The summed E-state index contributed by atoms with van der Waals surface area (Å²) in [4.78, 5) is 14.4.